The molecule has 1 saturated heterocycles. The highest BCUT2D eigenvalue weighted by Gasteiger charge is 2.53. The molecule has 1 aliphatic heterocycles. The van der Waals surface area contributed by atoms with E-state index in [-0.39, 0.29) is 16.4 Å². The Labute approximate surface area is 118 Å². The normalized spacial score (nSPS) is 24.7. The summed E-state index contributed by atoms with van der Waals surface area (Å²) in [5, 5.41) is 0. The molecule has 19 heavy (non-hydrogen) atoms. The minimum absolute atomic E-state index is 0.163. The molecule has 1 amide bonds. The van der Waals surface area contributed by atoms with Crippen LogP contribution in [0.4, 0.5) is 0 Å². The largest absolute Gasteiger partial charge is 0.333 e. The third kappa shape index (κ3) is 2.83. The second-order valence-corrected chi connectivity index (χ2v) is 8.99. The Bertz CT molecular complexity index is 354. The van der Waals surface area contributed by atoms with E-state index in [4.69, 9.17) is 0 Å². The van der Waals surface area contributed by atoms with E-state index in [0.717, 1.165) is 19.3 Å². The van der Waals surface area contributed by atoms with E-state index in [9.17, 15) is 4.79 Å². The molecule has 0 aromatic heterocycles. The first-order chi connectivity index (χ1) is 8.55. The predicted molar refractivity (Wildman–Crippen MR) is 80.0 cm³/mol. The summed E-state index contributed by atoms with van der Waals surface area (Å²) < 4.78 is 0. The van der Waals surface area contributed by atoms with Gasteiger partial charge in [0.05, 0.1) is 0 Å². The summed E-state index contributed by atoms with van der Waals surface area (Å²) >= 11 is 0. The zero-order valence-corrected chi connectivity index (χ0v) is 13.7. The van der Waals surface area contributed by atoms with E-state index in [1.165, 1.54) is 19.3 Å². The van der Waals surface area contributed by atoms with Gasteiger partial charge in [-0.2, -0.15) is 0 Å². The molecule has 2 nitrogen and oxygen atoms in total. The lowest BCUT2D eigenvalue weighted by molar-refractivity contribution is -0.142. The fourth-order valence-electron chi connectivity index (χ4n) is 3.79. The molecule has 0 N–H and O–H groups in total. The van der Waals surface area contributed by atoms with E-state index >= 15 is 0 Å². The van der Waals surface area contributed by atoms with Gasteiger partial charge in [-0.05, 0) is 42.9 Å². The SMILES string of the molecule is CC(C)(C)CC(N1C(=O)CCC12CCC2)C(C)(C)C. The molecule has 0 aromatic carbocycles. The van der Waals surface area contributed by atoms with E-state index in [0.29, 0.717) is 11.9 Å². The van der Waals surface area contributed by atoms with Gasteiger partial charge in [-0.15, -0.1) is 0 Å². The van der Waals surface area contributed by atoms with E-state index in [2.05, 4.69) is 46.4 Å². The molecule has 0 bridgehead atoms. The number of hydrogen-bond acceptors (Lipinski definition) is 1. The average Bonchev–Trinajstić information content (AvgIpc) is 2.49. The van der Waals surface area contributed by atoms with Gasteiger partial charge in [0.25, 0.3) is 0 Å². The summed E-state index contributed by atoms with van der Waals surface area (Å²) in [4.78, 5) is 14.8. The minimum atomic E-state index is 0.163. The number of nitrogens with zero attached hydrogens (tertiary/aromatic N) is 1. The molecule has 0 aromatic rings. The first-order valence-corrected chi connectivity index (χ1v) is 7.87. The standard InChI is InChI=1S/C17H31NO/c1-15(2,3)12-13(16(4,5)6)18-14(19)8-11-17(18)9-7-10-17/h13H,7-12H2,1-6H3. The van der Waals surface area contributed by atoms with Crippen molar-refractivity contribution in [2.75, 3.05) is 0 Å². The zero-order valence-electron chi connectivity index (χ0n) is 13.7. The number of carbonyl (C=O) groups excluding carboxylic acids is 1. The first kappa shape index (κ1) is 14.9. The van der Waals surface area contributed by atoms with Gasteiger partial charge in [0, 0.05) is 18.0 Å². The molecule has 2 rings (SSSR count). The van der Waals surface area contributed by atoms with Crippen LogP contribution in [0, 0.1) is 10.8 Å². The van der Waals surface area contributed by atoms with E-state index < -0.39 is 0 Å². The Morgan fingerprint density at radius 2 is 1.68 bits per heavy atom. The molecule has 1 aliphatic carbocycles. The van der Waals surface area contributed by atoms with Crippen molar-refractivity contribution in [3.63, 3.8) is 0 Å². The van der Waals surface area contributed by atoms with Crippen LogP contribution in [0.3, 0.4) is 0 Å². The van der Waals surface area contributed by atoms with Gasteiger partial charge in [-0.25, -0.2) is 0 Å². The Morgan fingerprint density at radius 1 is 1.11 bits per heavy atom. The molecule has 110 valence electrons. The van der Waals surface area contributed by atoms with Crippen molar-refractivity contribution in [1.29, 1.82) is 0 Å². The summed E-state index contributed by atoms with van der Waals surface area (Å²) in [5.74, 6) is 0.406. The fraction of sp³-hybridized carbons (Fsp3) is 0.941. The van der Waals surface area contributed by atoms with Crippen LogP contribution in [0.1, 0.15) is 80.1 Å². The zero-order chi connectivity index (χ0) is 14.5. The number of amides is 1. The highest BCUT2D eigenvalue weighted by molar-refractivity contribution is 5.80. The maximum Gasteiger partial charge on any atom is 0.223 e. The van der Waals surface area contributed by atoms with Crippen LogP contribution in [0.25, 0.3) is 0 Å². The van der Waals surface area contributed by atoms with Gasteiger partial charge in [0.1, 0.15) is 0 Å². The van der Waals surface area contributed by atoms with Crippen LogP contribution >= 0.6 is 0 Å². The molecule has 1 spiro atoms. The molecular weight excluding hydrogens is 234 g/mol. The van der Waals surface area contributed by atoms with Gasteiger partial charge in [-0.3, -0.25) is 4.79 Å². The highest BCUT2D eigenvalue weighted by atomic mass is 16.2. The molecule has 2 heteroatoms. The second-order valence-electron chi connectivity index (χ2n) is 8.99. The molecule has 1 saturated carbocycles. The van der Waals surface area contributed by atoms with Gasteiger partial charge in [0.2, 0.25) is 5.91 Å². The molecule has 1 atom stereocenters. The molecule has 1 unspecified atom stereocenters. The highest BCUT2D eigenvalue weighted by Crippen LogP contribution is 2.50. The van der Waals surface area contributed by atoms with Crippen molar-refractivity contribution in [2.45, 2.75) is 91.6 Å². The van der Waals surface area contributed by atoms with Gasteiger partial charge in [-0.1, -0.05) is 41.5 Å². The van der Waals surface area contributed by atoms with Crippen molar-refractivity contribution in [3.05, 3.63) is 0 Å². The Kier molecular flexibility index (Phi) is 3.52. The molecule has 1 heterocycles. The van der Waals surface area contributed by atoms with Crippen LogP contribution < -0.4 is 0 Å². The summed E-state index contributed by atoms with van der Waals surface area (Å²) in [7, 11) is 0. The van der Waals surface area contributed by atoms with Crippen LogP contribution in [0.2, 0.25) is 0 Å². The summed E-state index contributed by atoms with van der Waals surface area (Å²) in [6, 6.07) is 0.378. The van der Waals surface area contributed by atoms with Crippen molar-refractivity contribution in [3.8, 4) is 0 Å². The molecule has 0 radical (unpaired) electrons. The van der Waals surface area contributed by atoms with Crippen molar-refractivity contribution < 1.29 is 4.79 Å². The maximum absolute atomic E-state index is 12.5. The first-order valence-electron chi connectivity index (χ1n) is 7.87. The smallest absolute Gasteiger partial charge is 0.223 e. The quantitative estimate of drug-likeness (QED) is 0.725. The number of rotatable bonds is 2. The van der Waals surface area contributed by atoms with Crippen LogP contribution in [-0.2, 0) is 4.79 Å². The summed E-state index contributed by atoms with van der Waals surface area (Å²) in [5.41, 5.74) is 0.669. The number of carbonyl (C=O) groups is 1. The number of hydrogen-bond donors (Lipinski definition) is 0. The summed E-state index contributed by atoms with van der Waals surface area (Å²) in [6.45, 7) is 13.8. The lowest BCUT2D eigenvalue weighted by Gasteiger charge is -2.53. The monoisotopic (exact) mass is 265 g/mol. The van der Waals surface area contributed by atoms with Gasteiger partial charge >= 0.3 is 0 Å². The fourth-order valence-corrected chi connectivity index (χ4v) is 3.79. The van der Waals surface area contributed by atoms with E-state index in [1.807, 2.05) is 0 Å². The van der Waals surface area contributed by atoms with Crippen LogP contribution in [-0.4, -0.2) is 22.4 Å². The Balaban J connectivity index is 2.29. The topological polar surface area (TPSA) is 20.3 Å². The predicted octanol–water partition coefficient (Wildman–Crippen LogP) is 4.38. The Hall–Kier alpha value is -0.530. The second kappa shape index (κ2) is 4.49. The summed E-state index contributed by atoms with van der Waals surface area (Å²) in [6.07, 6.45) is 6.74. The van der Waals surface area contributed by atoms with E-state index in [1.54, 1.807) is 0 Å². The van der Waals surface area contributed by atoms with Crippen molar-refractivity contribution in [2.24, 2.45) is 10.8 Å². The minimum Gasteiger partial charge on any atom is -0.333 e. The molecule has 2 aliphatic rings. The number of likely N-dealkylation sites (tertiary alicyclic amines) is 1. The lowest BCUT2D eigenvalue weighted by Crippen LogP contribution is -2.59. The lowest BCUT2D eigenvalue weighted by atomic mass is 9.70. The Morgan fingerprint density at radius 3 is 2.05 bits per heavy atom. The van der Waals surface area contributed by atoms with Crippen molar-refractivity contribution in [1.82, 2.24) is 4.90 Å². The third-order valence-electron chi connectivity index (χ3n) is 4.99. The van der Waals surface area contributed by atoms with Crippen molar-refractivity contribution >= 4 is 5.91 Å². The molecule has 2 fully saturated rings. The van der Waals surface area contributed by atoms with Gasteiger partial charge in [0.15, 0.2) is 0 Å². The average molecular weight is 265 g/mol. The molecular formula is C17H31NO. The van der Waals surface area contributed by atoms with Gasteiger partial charge < -0.3 is 4.90 Å². The maximum atomic E-state index is 12.5. The van der Waals surface area contributed by atoms with Crippen LogP contribution in [0.5, 0.6) is 0 Å². The van der Waals surface area contributed by atoms with Crippen LogP contribution in [0.15, 0.2) is 0 Å². The third-order valence-corrected chi connectivity index (χ3v) is 4.99.